The van der Waals surface area contributed by atoms with Crippen LogP contribution in [0, 0.1) is 0 Å². The standard InChI is InChI=1S/C17H14ClNO3/c18-14-8-4-3-7-13(14)16(20)19-10-12-6-2-1-5-11(12)9-15(19)17(21)22/h1-8,15H,9-10H2,(H,21,22)/p-1/t15-/m0/s1. The fraction of sp³-hybridized carbons (Fsp3) is 0.176. The highest BCUT2D eigenvalue weighted by atomic mass is 35.5. The highest BCUT2D eigenvalue weighted by molar-refractivity contribution is 6.33. The number of fused-ring (bicyclic) bond motifs is 1. The Morgan fingerprint density at radius 1 is 1.05 bits per heavy atom. The number of carboxylic acid groups (broad SMARTS) is 1. The minimum Gasteiger partial charge on any atom is -0.548 e. The molecule has 0 N–H and O–H groups in total. The maximum Gasteiger partial charge on any atom is 0.256 e. The number of hydrogen-bond donors (Lipinski definition) is 0. The normalized spacial score (nSPS) is 17.0. The molecule has 0 unspecified atom stereocenters. The molecule has 4 nitrogen and oxygen atoms in total. The number of carbonyl (C=O) groups excluding carboxylic acids is 2. The van der Waals surface area contributed by atoms with Crippen LogP contribution in [0.15, 0.2) is 48.5 Å². The van der Waals surface area contributed by atoms with Gasteiger partial charge in [-0.25, -0.2) is 0 Å². The lowest BCUT2D eigenvalue weighted by molar-refractivity contribution is -0.311. The van der Waals surface area contributed by atoms with Gasteiger partial charge in [0.2, 0.25) is 0 Å². The van der Waals surface area contributed by atoms with Gasteiger partial charge in [-0.05, 0) is 29.7 Å². The van der Waals surface area contributed by atoms with Crippen LogP contribution in [0.3, 0.4) is 0 Å². The molecule has 2 aromatic rings. The van der Waals surface area contributed by atoms with Gasteiger partial charge >= 0.3 is 0 Å². The van der Waals surface area contributed by atoms with E-state index in [1.165, 1.54) is 4.90 Å². The summed E-state index contributed by atoms with van der Waals surface area (Å²) < 4.78 is 0. The summed E-state index contributed by atoms with van der Waals surface area (Å²) in [5.74, 6) is -1.65. The summed E-state index contributed by atoms with van der Waals surface area (Å²) >= 11 is 6.06. The smallest absolute Gasteiger partial charge is 0.256 e. The van der Waals surface area contributed by atoms with Crippen LogP contribution < -0.4 is 5.11 Å². The number of nitrogens with zero attached hydrogens (tertiary/aromatic N) is 1. The van der Waals surface area contributed by atoms with Crippen LogP contribution in [0.25, 0.3) is 0 Å². The van der Waals surface area contributed by atoms with Gasteiger partial charge in [0.25, 0.3) is 5.91 Å². The van der Waals surface area contributed by atoms with Crippen LogP contribution >= 0.6 is 11.6 Å². The van der Waals surface area contributed by atoms with Crippen LogP contribution in [0.5, 0.6) is 0 Å². The zero-order valence-electron chi connectivity index (χ0n) is 11.7. The number of carboxylic acids is 1. The van der Waals surface area contributed by atoms with Crippen molar-refractivity contribution in [3.05, 3.63) is 70.2 Å². The molecule has 22 heavy (non-hydrogen) atoms. The number of amides is 1. The van der Waals surface area contributed by atoms with E-state index >= 15 is 0 Å². The van der Waals surface area contributed by atoms with E-state index in [4.69, 9.17) is 11.6 Å². The van der Waals surface area contributed by atoms with E-state index < -0.39 is 17.9 Å². The SMILES string of the molecule is O=C([O-])[C@@H]1Cc2ccccc2CN1C(=O)c1ccccc1Cl. The third-order valence-electron chi connectivity index (χ3n) is 3.89. The Kier molecular flexibility index (Phi) is 3.86. The lowest BCUT2D eigenvalue weighted by Gasteiger charge is -2.37. The van der Waals surface area contributed by atoms with Crippen LogP contribution in [0.1, 0.15) is 21.5 Å². The number of halogens is 1. The quantitative estimate of drug-likeness (QED) is 0.847. The second-order valence-corrected chi connectivity index (χ2v) is 5.63. The Bertz CT molecular complexity index is 744. The zero-order chi connectivity index (χ0) is 15.7. The van der Waals surface area contributed by atoms with Gasteiger partial charge in [-0.1, -0.05) is 48.0 Å². The lowest BCUT2D eigenvalue weighted by Crippen LogP contribution is -2.53. The van der Waals surface area contributed by atoms with Crippen LogP contribution in [0.2, 0.25) is 5.02 Å². The largest absolute Gasteiger partial charge is 0.548 e. The van der Waals surface area contributed by atoms with Crippen LogP contribution in [-0.2, 0) is 17.8 Å². The van der Waals surface area contributed by atoms with Crippen molar-refractivity contribution in [1.29, 1.82) is 0 Å². The van der Waals surface area contributed by atoms with Crippen molar-refractivity contribution in [2.45, 2.75) is 19.0 Å². The summed E-state index contributed by atoms with van der Waals surface area (Å²) in [6.45, 7) is 0.235. The first kappa shape index (κ1) is 14.6. The molecule has 0 saturated heterocycles. The van der Waals surface area contributed by atoms with E-state index in [2.05, 4.69) is 0 Å². The molecular weight excluding hydrogens is 302 g/mol. The molecule has 0 saturated carbocycles. The Morgan fingerprint density at radius 2 is 1.68 bits per heavy atom. The summed E-state index contributed by atoms with van der Waals surface area (Å²) in [5.41, 5.74) is 2.18. The first-order chi connectivity index (χ1) is 10.6. The molecule has 0 aliphatic carbocycles. The van der Waals surface area contributed by atoms with Crippen molar-refractivity contribution < 1.29 is 14.7 Å². The number of benzene rings is 2. The Hall–Kier alpha value is -2.33. The van der Waals surface area contributed by atoms with Crippen molar-refractivity contribution in [2.24, 2.45) is 0 Å². The lowest BCUT2D eigenvalue weighted by atomic mass is 9.93. The van der Waals surface area contributed by atoms with Gasteiger partial charge in [0, 0.05) is 6.54 Å². The highest BCUT2D eigenvalue weighted by Crippen LogP contribution is 2.26. The molecule has 1 aliphatic rings. The highest BCUT2D eigenvalue weighted by Gasteiger charge is 2.31. The van der Waals surface area contributed by atoms with E-state index in [1.807, 2.05) is 24.3 Å². The second-order valence-electron chi connectivity index (χ2n) is 5.22. The van der Waals surface area contributed by atoms with Gasteiger partial charge in [0.15, 0.2) is 0 Å². The first-order valence-electron chi connectivity index (χ1n) is 6.91. The number of carbonyl (C=O) groups is 2. The average molecular weight is 315 g/mol. The summed E-state index contributed by atoms with van der Waals surface area (Å²) in [6.07, 6.45) is 0.245. The van der Waals surface area contributed by atoms with Gasteiger partial charge in [0.05, 0.1) is 22.6 Å². The van der Waals surface area contributed by atoms with E-state index in [-0.39, 0.29) is 13.0 Å². The van der Waals surface area contributed by atoms with Crippen molar-refractivity contribution in [2.75, 3.05) is 0 Å². The number of hydrogen-bond acceptors (Lipinski definition) is 3. The molecule has 1 heterocycles. The molecular formula is C17H13ClNO3-. The molecule has 1 aliphatic heterocycles. The van der Waals surface area contributed by atoms with E-state index in [0.29, 0.717) is 10.6 Å². The van der Waals surface area contributed by atoms with Crippen molar-refractivity contribution >= 4 is 23.5 Å². The maximum atomic E-state index is 12.7. The Labute approximate surface area is 132 Å². The van der Waals surface area contributed by atoms with E-state index in [1.54, 1.807) is 24.3 Å². The third kappa shape index (κ3) is 2.57. The second kappa shape index (κ2) is 5.81. The van der Waals surface area contributed by atoms with Gasteiger partial charge in [-0.15, -0.1) is 0 Å². The minimum absolute atomic E-state index is 0.235. The fourth-order valence-electron chi connectivity index (χ4n) is 2.74. The van der Waals surface area contributed by atoms with Gasteiger partial charge in [-0.2, -0.15) is 0 Å². The maximum absolute atomic E-state index is 12.7. The molecule has 0 fully saturated rings. The molecule has 112 valence electrons. The van der Waals surface area contributed by atoms with Crippen LogP contribution in [-0.4, -0.2) is 22.8 Å². The Morgan fingerprint density at radius 3 is 2.36 bits per heavy atom. The molecule has 2 aromatic carbocycles. The van der Waals surface area contributed by atoms with Crippen molar-refractivity contribution in [1.82, 2.24) is 4.90 Å². The summed E-state index contributed by atoms with van der Waals surface area (Å²) in [5, 5.41) is 11.8. The molecule has 1 atom stereocenters. The molecule has 1 amide bonds. The van der Waals surface area contributed by atoms with Gasteiger partial charge < -0.3 is 14.8 Å². The van der Waals surface area contributed by atoms with Crippen molar-refractivity contribution in [3.63, 3.8) is 0 Å². The number of rotatable bonds is 2. The number of aliphatic carboxylic acids is 1. The fourth-order valence-corrected chi connectivity index (χ4v) is 2.95. The topological polar surface area (TPSA) is 60.4 Å². The van der Waals surface area contributed by atoms with Crippen molar-refractivity contribution in [3.8, 4) is 0 Å². The molecule has 0 spiro atoms. The molecule has 0 bridgehead atoms. The first-order valence-corrected chi connectivity index (χ1v) is 7.29. The van der Waals surface area contributed by atoms with Gasteiger partial charge in [-0.3, -0.25) is 4.79 Å². The minimum atomic E-state index is -1.25. The monoisotopic (exact) mass is 314 g/mol. The molecule has 0 aromatic heterocycles. The molecule has 0 radical (unpaired) electrons. The summed E-state index contributed by atoms with van der Waals surface area (Å²) in [4.78, 5) is 25.5. The molecule has 3 rings (SSSR count). The summed E-state index contributed by atoms with van der Waals surface area (Å²) in [6, 6.07) is 13.1. The summed E-state index contributed by atoms with van der Waals surface area (Å²) in [7, 11) is 0. The van der Waals surface area contributed by atoms with E-state index in [0.717, 1.165) is 11.1 Å². The molecule has 5 heteroatoms. The van der Waals surface area contributed by atoms with E-state index in [9.17, 15) is 14.7 Å². The zero-order valence-corrected chi connectivity index (χ0v) is 12.4. The van der Waals surface area contributed by atoms with Gasteiger partial charge in [0.1, 0.15) is 0 Å². The average Bonchev–Trinajstić information content (AvgIpc) is 2.53. The van der Waals surface area contributed by atoms with Crippen LogP contribution in [0.4, 0.5) is 0 Å². The predicted molar refractivity (Wildman–Crippen MR) is 80.3 cm³/mol. The predicted octanol–water partition coefficient (Wildman–Crippen LogP) is 1.66. The third-order valence-corrected chi connectivity index (χ3v) is 4.22. The Balaban J connectivity index is 1.99.